The molecule has 0 rings (SSSR count). The second-order valence-corrected chi connectivity index (χ2v) is 5.10. The number of carbonyl (C=O) groups is 1. The molecule has 0 aromatic heterocycles. The van der Waals surface area contributed by atoms with Crippen LogP contribution >= 0.6 is 15.9 Å². The van der Waals surface area contributed by atoms with Gasteiger partial charge in [-0.2, -0.15) is 0 Å². The molecular formula is C11H20BrFO2. The Labute approximate surface area is 99.4 Å². The molecule has 0 bridgehead atoms. The molecule has 0 aromatic carbocycles. The second kappa shape index (κ2) is 10.4. The minimum Gasteiger partial charge on any atom is -0.481 e. The molecule has 90 valence electrons. The van der Waals surface area contributed by atoms with E-state index >= 15 is 0 Å². The Kier molecular flexibility index (Phi) is 10.3. The minimum atomic E-state index is -0.708. The zero-order valence-electron chi connectivity index (χ0n) is 9.05. The van der Waals surface area contributed by atoms with Gasteiger partial charge in [0, 0.05) is 11.2 Å². The topological polar surface area (TPSA) is 37.3 Å². The van der Waals surface area contributed by atoms with Crippen molar-refractivity contribution in [3.05, 3.63) is 0 Å². The Morgan fingerprint density at radius 1 is 1.13 bits per heavy atom. The van der Waals surface area contributed by atoms with Crippen molar-refractivity contribution in [2.24, 2.45) is 0 Å². The SMILES string of the molecule is O=C(O)CCCCCCCCC(Br)CF. The molecule has 0 fully saturated rings. The molecule has 0 saturated heterocycles. The number of alkyl halides is 2. The van der Waals surface area contributed by atoms with E-state index in [9.17, 15) is 9.18 Å². The minimum absolute atomic E-state index is 0.0181. The maximum absolute atomic E-state index is 12.0. The summed E-state index contributed by atoms with van der Waals surface area (Å²) in [4.78, 5) is 10.2. The molecule has 1 N–H and O–H groups in total. The number of rotatable bonds is 10. The van der Waals surface area contributed by atoms with Crippen molar-refractivity contribution in [2.75, 3.05) is 6.67 Å². The van der Waals surface area contributed by atoms with Crippen LogP contribution in [0, 0.1) is 0 Å². The monoisotopic (exact) mass is 282 g/mol. The van der Waals surface area contributed by atoms with Gasteiger partial charge >= 0.3 is 5.97 Å². The maximum Gasteiger partial charge on any atom is 0.303 e. The number of hydrogen-bond donors (Lipinski definition) is 1. The second-order valence-electron chi connectivity index (χ2n) is 3.81. The van der Waals surface area contributed by atoms with Gasteiger partial charge in [0.05, 0.1) is 0 Å². The lowest BCUT2D eigenvalue weighted by atomic mass is 10.1. The summed E-state index contributed by atoms with van der Waals surface area (Å²) in [5.74, 6) is -0.708. The summed E-state index contributed by atoms with van der Waals surface area (Å²) in [6.07, 6.45) is 7.35. The van der Waals surface area contributed by atoms with Gasteiger partial charge in [0.25, 0.3) is 0 Å². The van der Waals surface area contributed by atoms with Crippen LogP contribution in [0.3, 0.4) is 0 Å². The molecule has 0 amide bonds. The van der Waals surface area contributed by atoms with Crippen LogP contribution < -0.4 is 0 Å². The number of hydrogen-bond acceptors (Lipinski definition) is 1. The van der Waals surface area contributed by atoms with Gasteiger partial charge in [0.15, 0.2) is 0 Å². The van der Waals surface area contributed by atoms with Crippen LogP contribution in [0.4, 0.5) is 4.39 Å². The van der Waals surface area contributed by atoms with Gasteiger partial charge in [-0.15, -0.1) is 0 Å². The number of carboxylic acid groups (broad SMARTS) is 1. The Hall–Kier alpha value is -0.120. The van der Waals surface area contributed by atoms with Crippen LogP contribution in [-0.4, -0.2) is 22.6 Å². The van der Waals surface area contributed by atoms with Gasteiger partial charge in [-0.3, -0.25) is 4.79 Å². The zero-order valence-corrected chi connectivity index (χ0v) is 10.6. The zero-order chi connectivity index (χ0) is 11.5. The fraction of sp³-hybridized carbons (Fsp3) is 0.909. The summed E-state index contributed by atoms with van der Waals surface area (Å²) in [7, 11) is 0. The van der Waals surface area contributed by atoms with Crippen molar-refractivity contribution in [1.29, 1.82) is 0 Å². The molecule has 1 unspecified atom stereocenters. The Balaban J connectivity index is 3.02. The van der Waals surface area contributed by atoms with E-state index in [1.807, 2.05) is 0 Å². The van der Waals surface area contributed by atoms with E-state index in [0.29, 0.717) is 0 Å². The molecule has 0 heterocycles. The van der Waals surface area contributed by atoms with Crippen molar-refractivity contribution in [1.82, 2.24) is 0 Å². The van der Waals surface area contributed by atoms with Crippen LogP contribution in [-0.2, 0) is 4.79 Å². The molecule has 0 aliphatic rings. The van der Waals surface area contributed by atoms with Crippen molar-refractivity contribution in [3.63, 3.8) is 0 Å². The van der Waals surface area contributed by atoms with E-state index in [4.69, 9.17) is 5.11 Å². The van der Waals surface area contributed by atoms with Crippen LogP contribution in [0.2, 0.25) is 0 Å². The van der Waals surface area contributed by atoms with Crippen LogP contribution in [0.1, 0.15) is 51.4 Å². The van der Waals surface area contributed by atoms with E-state index < -0.39 is 5.97 Å². The van der Waals surface area contributed by atoms with E-state index in [-0.39, 0.29) is 17.9 Å². The lowest BCUT2D eigenvalue weighted by Crippen LogP contribution is -1.99. The highest BCUT2D eigenvalue weighted by molar-refractivity contribution is 9.09. The van der Waals surface area contributed by atoms with Crippen molar-refractivity contribution in [2.45, 2.75) is 56.2 Å². The first kappa shape index (κ1) is 14.9. The van der Waals surface area contributed by atoms with Crippen LogP contribution in [0.25, 0.3) is 0 Å². The summed E-state index contributed by atoms with van der Waals surface area (Å²) in [6, 6.07) is 0. The van der Waals surface area contributed by atoms with Gasteiger partial charge in [-0.05, 0) is 12.8 Å². The van der Waals surface area contributed by atoms with E-state index in [1.54, 1.807) is 0 Å². The standard InChI is InChI=1S/C11H20BrFO2/c12-10(9-13)7-5-3-1-2-4-6-8-11(14)15/h10H,1-9H2,(H,14,15). The summed E-state index contributed by atoms with van der Waals surface area (Å²) < 4.78 is 12.0. The summed E-state index contributed by atoms with van der Waals surface area (Å²) in [5.41, 5.74) is 0. The molecular weight excluding hydrogens is 263 g/mol. The molecule has 15 heavy (non-hydrogen) atoms. The molecule has 4 heteroatoms. The van der Waals surface area contributed by atoms with Gasteiger partial charge < -0.3 is 5.11 Å². The maximum atomic E-state index is 12.0. The fourth-order valence-electron chi connectivity index (χ4n) is 1.43. The number of aliphatic carboxylic acids is 1. The molecule has 0 aliphatic carbocycles. The molecule has 0 aromatic rings. The van der Waals surface area contributed by atoms with E-state index in [2.05, 4.69) is 15.9 Å². The van der Waals surface area contributed by atoms with Crippen LogP contribution in [0.15, 0.2) is 0 Å². The van der Waals surface area contributed by atoms with Crippen molar-refractivity contribution in [3.8, 4) is 0 Å². The smallest absolute Gasteiger partial charge is 0.303 e. The third-order valence-electron chi connectivity index (χ3n) is 2.33. The molecule has 0 radical (unpaired) electrons. The average Bonchev–Trinajstić information content (AvgIpc) is 2.21. The van der Waals surface area contributed by atoms with Crippen molar-refractivity contribution >= 4 is 21.9 Å². The summed E-state index contributed by atoms with van der Waals surface area (Å²) in [5, 5.41) is 8.40. The normalized spacial score (nSPS) is 12.7. The fourth-order valence-corrected chi connectivity index (χ4v) is 1.75. The molecule has 2 nitrogen and oxygen atoms in total. The summed E-state index contributed by atoms with van der Waals surface area (Å²) in [6.45, 7) is -0.293. The van der Waals surface area contributed by atoms with Gasteiger partial charge in [0.2, 0.25) is 0 Å². The predicted octanol–water partition coefficient (Wildman–Crippen LogP) is 3.92. The number of carboxylic acids is 1. The largest absolute Gasteiger partial charge is 0.481 e. The van der Waals surface area contributed by atoms with Crippen molar-refractivity contribution < 1.29 is 14.3 Å². The lowest BCUT2D eigenvalue weighted by molar-refractivity contribution is -0.137. The third kappa shape index (κ3) is 11.8. The first-order chi connectivity index (χ1) is 7.16. The van der Waals surface area contributed by atoms with Gasteiger partial charge in [-0.25, -0.2) is 4.39 Å². The Morgan fingerprint density at radius 3 is 2.20 bits per heavy atom. The highest BCUT2D eigenvalue weighted by Crippen LogP contribution is 2.13. The first-order valence-corrected chi connectivity index (χ1v) is 6.50. The van der Waals surface area contributed by atoms with Gasteiger partial charge in [0.1, 0.15) is 6.67 Å². The highest BCUT2D eigenvalue weighted by Gasteiger charge is 2.02. The lowest BCUT2D eigenvalue weighted by Gasteiger charge is -2.04. The predicted molar refractivity (Wildman–Crippen MR) is 63.3 cm³/mol. The van der Waals surface area contributed by atoms with Gasteiger partial charge in [-0.1, -0.05) is 48.0 Å². The quantitative estimate of drug-likeness (QED) is 0.487. The average molecular weight is 283 g/mol. The summed E-state index contributed by atoms with van der Waals surface area (Å²) >= 11 is 3.25. The first-order valence-electron chi connectivity index (χ1n) is 5.58. The Morgan fingerprint density at radius 2 is 1.67 bits per heavy atom. The number of unbranched alkanes of at least 4 members (excludes halogenated alkanes) is 5. The van der Waals surface area contributed by atoms with E-state index in [1.165, 1.54) is 0 Å². The molecule has 1 atom stereocenters. The molecule has 0 spiro atoms. The van der Waals surface area contributed by atoms with E-state index in [0.717, 1.165) is 44.9 Å². The number of halogens is 2. The van der Waals surface area contributed by atoms with Crippen LogP contribution in [0.5, 0.6) is 0 Å². The molecule has 0 aliphatic heterocycles. The highest BCUT2D eigenvalue weighted by atomic mass is 79.9. The third-order valence-corrected chi connectivity index (χ3v) is 3.03. The molecule has 0 saturated carbocycles. The Bertz CT molecular complexity index is 165.